The van der Waals surface area contributed by atoms with Crippen molar-refractivity contribution in [1.82, 2.24) is 4.72 Å². The summed E-state index contributed by atoms with van der Waals surface area (Å²) < 4.78 is 32.5. The van der Waals surface area contributed by atoms with E-state index in [1.807, 2.05) is 0 Å². The highest BCUT2D eigenvalue weighted by molar-refractivity contribution is 7.89. The van der Waals surface area contributed by atoms with E-state index in [1.165, 1.54) is 19.2 Å². The highest BCUT2D eigenvalue weighted by atomic mass is 32.2. The fraction of sp³-hybridized carbons (Fsp3) is 0.333. The lowest BCUT2D eigenvalue weighted by atomic mass is 9.84. The molecule has 1 aliphatic rings. The lowest BCUT2D eigenvalue weighted by Gasteiger charge is -2.23. The first-order valence-electron chi connectivity index (χ1n) is 7.75. The largest absolute Gasteiger partial charge is 0.365 e. The minimum absolute atomic E-state index is 0.0242. The summed E-state index contributed by atoms with van der Waals surface area (Å²) in [7, 11) is -2.46. The van der Waals surface area contributed by atoms with E-state index in [0.717, 1.165) is 0 Å². The summed E-state index contributed by atoms with van der Waals surface area (Å²) in [6, 6.07) is 7.87. The smallest absolute Gasteiger partial charge is 0.242 e. The number of benzene rings is 1. The summed E-state index contributed by atoms with van der Waals surface area (Å²) in [5.41, 5.74) is 1.40. The van der Waals surface area contributed by atoms with E-state index >= 15 is 0 Å². The minimum atomic E-state index is -3.80. The number of hydrogen-bond acceptors (Lipinski definition) is 5. The average Bonchev–Trinajstić information content (AvgIpc) is 2.61. The summed E-state index contributed by atoms with van der Waals surface area (Å²) >= 11 is 0. The molecule has 134 valence electrons. The standard InChI is InChI=1S/C18H21NO5S/c1-11-12(2)18(21)15(13(3)17(11)20)10-16(24-4)19-25(22,23)14-8-6-5-7-9-14/h5-9,16,19H,10H2,1-4H3. The van der Waals surface area contributed by atoms with Crippen LogP contribution in [0.5, 0.6) is 0 Å². The molecule has 2 rings (SSSR count). The van der Waals surface area contributed by atoms with Crippen molar-refractivity contribution < 1.29 is 22.7 Å². The van der Waals surface area contributed by atoms with Gasteiger partial charge in [-0.2, -0.15) is 4.72 Å². The van der Waals surface area contributed by atoms with Gasteiger partial charge >= 0.3 is 0 Å². The van der Waals surface area contributed by atoms with Crippen molar-refractivity contribution in [3.05, 3.63) is 52.6 Å². The van der Waals surface area contributed by atoms with Crippen LogP contribution in [0, 0.1) is 0 Å². The van der Waals surface area contributed by atoms with E-state index in [9.17, 15) is 18.0 Å². The van der Waals surface area contributed by atoms with E-state index in [2.05, 4.69) is 4.72 Å². The summed E-state index contributed by atoms with van der Waals surface area (Å²) in [4.78, 5) is 24.8. The molecule has 0 fully saturated rings. The number of allylic oxidation sites excluding steroid dienone is 3. The average molecular weight is 363 g/mol. The van der Waals surface area contributed by atoms with Crippen molar-refractivity contribution >= 4 is 21.6 Å². The summed E-state index contributed by atoms with van der Waals surface area (Å²) in [5, 5.41) is 0. The van der Waals surface area contributed by atoms with Gasteiger partial charge in [-0.3, -0.25) is 9.59 Å². The molecule has 1 aromatic rings. The Bertz CT molecular complexity index is 866. The van der Waals surface area contributed by atoms with Crippen LogP contribution in [-0.2, 0) is 24.3 Å². The Morgan fingerprint density at radius 3 is 2.08 bits per heavy atom. The monoisotopic (exact) mass is 363 g/mol. The van der Waals surface area contributed by atoms with Crippen LogP contribution in [0.15, 0.2) is 57.5 Å². The molecule has 0 radical (unpaired) electrons. The molecule has 1 atom stereocenters. The number of ketones is 2. The maximum absolute atomic E-state index is 12.5. The first-order chi connectivity index (χ1) is 11.7. The van der Waals surface area contributed by atoms with Crippen molar-refractivity contribution in [3.8, 4) is 0 Å². The molecule has 1 aliphatic carbocycles. The first kappa shape index (κ1) is 19.2. The van der Waals surface area contributed by atoms with Gasteiger partial charge in [-0.05, 0) is 32.9 Å². The van der Waals surface area contributed by atoms with Crippen LogP contribution in [-0.4, -0.2) is 33.3 Å². The molecule has 1 N–H and O–H groups in total. The number of Topliss-reactive ketones (excluding diaryl/α,β-unsaturated/α-hetero) is 2. The Kier molecular flexibility index (Phi) is 5.72. The first-order valence-corrected chi connectivity index (χ1v) is 9.24. The fourth-order valence-electron chi connectivity index (χ4n) is 2.60. The third-order valence-corrected chi connectivity index (χ3v) is 5.79. The van der Waals surface area contributed by atoms with Crippen LogP contribution >= 0.6 is 0 Å². The molecule has 0 saturated heterocycles. The molecule has 1 unspecified atom stereocenters. The summed E-state index contributed by atoms with van der Waals surface area (Å²) in [6.07, 6.45) is -0.984. The lowest BCUT2D eigenvalue weighted by Crippen LogP contribution is -2.38. The highest BCUT2D eigenvalue weighted by Gasteiger charge is 2.30. The van der Waals surface area contributed by atoms with Gasteiger partial charge < -0.3 is 4.74 Å². The zero-order chi connectivity index (χ0) is 18.8. The van der Waals surface area contributed by atoms with Gasteiger partial charge in [-0.15, -0.1) is 0 Å². The highest BCUT2D eigenvalue weighted by Crippen LogP contribution is 2.27. The quantitative estimate of drug-likeness (QED) is 0.618. The molecule has 0 bridgehead atoms. The Hall–Kier alpha value is -2.09. The van der Waals surface area contributed by atoms with Gasteiger partial charge in [0.05, 0.1) is 4.90 Å². The molecule has 25 heavy (non-hydrogen) atoms. The number of ether oxygens (including phenoxy) is 1. The van der Waals surface area contributed by atoms with Crippen LogP contribution in [0.1, 0.15) is 27.2 Å². The van der Waals surface area contributed by atoms with Crippen LogP contribution in [0.25, 0.3) is 0 Å². The second kappa shape index (κ2) is 7.43. The second-order valence-electron chi connectivity index (χ2n) is 5.87. The molecule has 6 nitrogen and oxygen atoms in total. The molecule has 0 aromatic heterocycles. The SMILES string of the molecule is COC(CC1=C(C)C(=O)C(C)=C(C)C1=O)NS(=O)(=O)c1ccccc1. The maximum atomic E-state index is 12.5. The van der Waals surface area contributed by atoms with Crippen molar-refractivity contribution in [2.24, 2.45) is 0 Å². The number of rotatable bonds is 6. The number of methoxy groups -OCH3 is 1. The van der Waals surface area contributed by atoms with Crippen molar-refractivity contribution in [2.45, 2.75) is 38.3 Å². The third-order valence-electron chi connectivity index (χ3n) is 4.33. The van der Waals surface area contributed by atoms with Crippen molar-refractivity contribution in [3.63, 3.8) is 0 Å². The topological polar surface area (TPSA) is 89.5 Å². The molecule has 1 aromatic carbocycles. The summed E-state index contributed by atoms with van der Waals surface area (Å²) in [6.45, 7) is 4.78. The summed E-state index contributed by atoms with van der Waals surface area (Å²) in [5.74, 6) is -0.455. The van der Waals surface area contributed by atoms with Gasteiger partial charge in [0.25, 0.3) is 0 Å². The zero-order valence-corrected chi connectivity index (χ0v) is 15.4. The molecule has 7 heteroatoms. The number of carbonyl (C=O) groups is 2. The Morgan fingerprint density at radius 2 is 1.52 bits per heavy atom. The van der Waals surface area contributed by atoms with Crippen LogP contribution < -0.4 is 4.72 Å². The molecule has 0 saturated carbocycles. The van der Waals surface area contributed by atoms with E-state index in [1.54, 1.807) is 39.0 Å². The van der Waals surface area contributed by atoms with Gasteiger partial charge in [-0.25, -0.2) is 8.42 Å². The molecule has 0 heterocycles. The predicted molar refractivity (Wildman–Crippen MR) is 93.3 cm³/mol. The van der Waals surface area contributed by atoms with Crippen LogP contribution in [0.3, 0.4) is 0 Å². The van der Waals surface area contributed by atoms with E-state index in [4.69, 9.17) is 4.74 Å². The van der Waals surface area contributed by atoms with Gasteiger partial charge in [0.2, 0.25) is 10.0 Å². The van der Waals surface area contributed by atoms with Crippen LogP contribution in [0.4, 0.5) is 0 Å². The van der Waals surface area contributed by atoms with Crippen molar-refractivity contribution in [1.29, 1.82) is 0 Å². The Balaban J connectivity index is 2.26. The zero-order valence-electron chi connectivity index (χ0n) is 14.6. The number of sulfonamides is 1. The molecule has 0 amide bonds. The number of hydrogen-bond donors (Lipinski definition) is 1. The van der Waals surface area contributed by atoms with E-state index in [0.29, 0.717) is 16.7 Å². The Labute approximate surface area is 147 Å². The number of nitrogens with one attached hydrogen (secondary N) is 1. The van der Waals surface area contributed by atoms with Gasteiger partial charge in [0.15, 0.2) is 11.6 Å². The van der Waals surface area contributed by atoms with Crippen LogP contribution in [0.2, 0.25) is 0 Å². The normalized spacial score (nSPS) is 17.3. The van der Waals surface area contributed by atoms with Gasteiger partial charge in [0.1, 0.15) is 6.23 Å². The lowest BCUT2D eigenvalue weighted by molar-refractivity contribution is -0.116. The molecule has 0 spiro atoms. The molecular formula is C18H21NO5S. The van der Waals surface area contributed by atoms with Crippen molar-refractivity contribution in [2.75, 3.05) is 7.11 Å². The third kappa shape index (κ3) is 3.95. The molecule has 0 aliphatic heterocycles. The molecular weight excluding hydrogens is 342 g/mol. The fourth-order valence-corrected chi connectivity index (χ4v) is 3.78. The minimum Gasteiger partial charge on any atom is -0.365 e. The predicted octanol–water partition coefficient (Wildman–Crippen LogP) is 2.13. The Morgan fingerprint density at radius 1 is 0.960 bits per heavy atom. The second-order valence-corrected chi connectivity index (χ2v) is 7.59. The number of carbonyl (C=O) groups excluding carboxylic acids is 2. The van der Waals surface area contributed by atoms with E-state index < -0.39 is 16.3 Å². The van der Waals surface area contributed by atoms with E-state index in [-0.39, 0.29) is 28.5 Å². The van der Waals surface area contributed by atoms with Gasteiger partial charge in [0, 0.05) is 35.8 Å². The van der Waals surface area contributed by atoms with Gasteiger partial charge in [-0.1, -0.05) is 18.2 Å². The maximum Gasteiger partial charge on any atom is 0.242 e.